The zero-order chi connectivity index (χ0) is 9.47. The van der Waals surface area contributed by atoms with E-state index in [-0.39, 0.29) is 0 Å². The lowest BCUT2D eigenvalue weighted by atomic mass is 10.3. The van der Waals surface area contributed by atoms with Gasteiger partial charge in [0.2, 0.25) is 10.0 Å². The van der Waals surface area contributed by atoms with Crippen LogP contribution in [0.1, 0.15) is 12.5 Å². The first-order valence-corrected chi connectivity index (χ1v) is 5.53. The SMILES string of the molecule is CCN1Cc2cnccc2S1(=O)=O. The Morgan fingerprint density at radius 3 is 3.00 bits per heavy atom. The molecular formula is C8H10N2O2S. The Hall–Kier alpha value is -0.940. The van der Waals surface area contributed by atoms with Crippen molar-refractivity contribution in [1.82, 2.24) is 9.29 Å². The Morgan fingerprint density at radius 2 is 2.38 bits per heavy atom. The summed E-state index contributed by atoms with van der Waals surface area (Å²) in [6.07, 6.45) is 3.12. The van der Waals surface area contributed by atoms with Gasteiger partial charge in [-0.05, 0) is 6.07 Å². The molecule has 0 atom stereocenters. The molecule has 4 nitrogen and oxygen atoms in total. The van der Waals surface area contributed by atoms with Gasteiger partial charge < -0.3 is 0 Å². The molecule has 2 heterocycles. The van der Waals surface area contributed by atoms with Gasteiger partial charge in [-0.15, -0.1) is 0 Å². The van der Waals surface area contributed by atoms with Crippen molar-refractivity contribution in [3.05, 3.63) is 24.0 Å². The van der Waals surface area contributed by atoms with E-state index < -0.39 is 10.0 Å². The standard InChI is InChI=1S/C8H10N2O2S/c1-2-10-6-7-5-9-4-3-8(7)13(10,11)12/h3-5H,2,6H2,1H3. The van der Waals surface area contributed by atoms with Gasteiger partial charge >= 0.3 is 0 Å². The molecule has 0 unspecified atom stereocenters. The van der Waals surface area contributed by atoms with E-state index >= 15 is 0 Å². The lowest BCUT2D eigenvalue weighted by Crippen LogP contribution is -2.23. The summed E-state index contributed by atoms with van der Waals surface area (Å²) >= 11 is 0. The third kappa shape index (κ3) is 1.15. The highest BCUT2D eigenvalue weighted by Gasteiger charge is 2.32. The van der Waals surface area contributed by atoms with Gasteiger partial charge in [-0.1, -0.05) is 6.92 Å². The Bertz CT molecular complexity index is 428. The highest BCUT2D eigenvalue weighted by atomic mass is 32.2. The molecule has 0 aliphatic carbocycles. The molecule has 0 fully saturated rings. The van der Waals surface area contributed by atoms with E-state index in [1.165, 1.54) is 10.5 Å². The number of fused-ring (bicyclic) bond motifs is 1. The van der Waals surface area contributed by atoms with Crippen molar-refractivity contribution in [2.24, 2.45) is 0 Å². The Kier molecular flexibility index (Phi) is 1.85. The molecular weight excluding hydrogens is 188 g/mol. The second-order valence-electron chi connectivity index (χ2n) is 2.91. The topological polar surface area (TPSA) is 50.3 Å². The lowest BCUT2D eigenvalue weighted by molar-refractivity contribution is 0.443. The van der Waals surface area contributed by atoms with Crippen LogP contribution in [0.15, 0.2) is 23.4 Å². The minimum absolute atomic E-state index is 0.407. The number of hydrogen-bond donors (Lipinski definition) is 0. The minimum atomic E-state index is -3.20. The summed E-state index contributed by atoms with van der Waals surface area (Å²) in [5.74, 6) is 0. The Balaban J connectivity index is 2.60. The molecule has 1 aromatic rings. The highest BCUT2D eigenvalue weighted by Crippen LogP contribution is 2.28. The predicted octanol–water partition coefficient (Wildman–Crippen LogP) is 0.606. The van der Waals surface area contributed by atoms with Crippen molar-refractivity contribution in [2.45, 2.75) is 18.4 Å². The van der Waals surface area contributed by atoms with Gasteiger partial charge in [0, 0.05) is 31.0 Å². The van der Waals surface area contributed by atoms with Crippen LogP contribution in [0, 0.1) is 0 Å². The molecule has 0 N–H and O–H groups in total. The third-order valence-corrected chi connectivity index (χ3v) is 4.20. The van der Waals surface area contributed by atoms with Crippen LogP contribution in [-0.4, -0.2) is 24.3 Å². The number of hydrogen-bond acceptors (Lipinski definition) is 3. The fourth-order valence-corrected chi connectivity index (χ4v) is 3.09. The molecule has 0 saturated heterocycles. The second-order valence-corrected chi connectivity index (χ2v) is 4.82. The molecule has 0 saturated carbocycles. The van der Waals surface area contributed by atoms with E-state index in [0.717, 1.165) is 5.56 Å². The Labute approximate surface area is 77.3 Å². The zero-order valence-corrected chi connectivity index (χ0v) is 8.08. The summed E-state index contributed by atoms with van der Waals surface area (Å²) in [6.45, 7) is 2.80. The highest BCUT2D eigenvalue weighted by molar-refractivity contribution is 7.89. The van der Waals surface area contributed by atoms with E-state index in [4.69, 9.17) is 0 Å². The van der Waals surface area contributed by atoms with Crippen molar-refractivity contribution in [2.75, 3.05) is 6.54 Å². The molecule has 1 aromatic heterocycles. The molecule has 13 heavy (non-hydrogen) atoms. The van der Waals surface area contributed by atoms with E-state index in [9.17, 15) is 8.42 Å². The van der Waals surface area contributed by atoms with Crippen LogP contribution in [0.4, 0.5) is 0 Å². The summed E-state index contributed by atoms with van der Waals surface area (Å²) in [7, 11) is -3.20. The summed E-state index contributed by atoms with van der Waals surface area (Å²) in [4.78, 5) is 4.31. The molecule has 2 rings (SSSR count). The molecule has 1 aliphatic rings. The molecule has 0 radical (unpaired) electrons. The Morgan fingerprint density at radius 1 is 1.62 bits per heavy atom. The summed E-state index contributed by atoms with van der Waals surface area (Å²) in [5.41, 5.74) is 0.796. The fraction of sp³-hybridized carbons (Fsp3) is 0.375. The van der Waals surface area contributed by atoms with Crippen molar-refractivity contribution < 1.29 is 8.42 Å². The number of pyridine rings is 1. The van der Waals surface area contributed by atoms with E-state index in [2.05, 4.69) is 4.98 Å². The molecule has 1 aliphatic heterocycles. The van der Waals surface area contributed by atoms with Gasteiger partial charge in [0.25, 0.3) is 0 Å². The van der Waals surface area contributed by atoms with E-state index in [0.29, 0.717) is 18.0 Å². The summed E-state index contributed by atoms with van der Waals surface area (Å²) in [6, 6.07) is 1.56. The van der Waals surface area contributed by atoms with Gasteiger partial charge in [0.15, 0.2) is 0 Å². The largest absolute Gasteiger partial charge is 0.264 e. The molecule has 0 bridgehead atoms. The number of aromatic nitrogens is 1. The second kappa shape index (κ2) is 2.78. The van der Waals surface area contributed by atoms with Crippen molar-refractivity contribution in [3.8, 4) is 0 Å². The van der Waals surface area contributed by atoms with Crippen LogP contribution < -0.4 is 0 Å². The van der Waals surface area contributed by atoms with Crippen LogP contribution in [0.25, 0.3) is 0 Å². The van der Waals surface area contributed by atoms with Crippen LogP contribution >= 0.6 is 0 Å². The lowest BCUT2D eigenvalue weighted by Gasteiger charge is -2.09. The quantitative estimate of drug-likeness (QED) is 0.664. The maximum atomic E-state index is 11.7. The monoisotopic (exact) mass is 198 g/mol. The maximum absolute atomic E-state index is 11.7. The first kappa shape index (κ1) is 8.65. The average molecular weight is 198 g/mol. The van der Waals surface area contributed by atoms with E-state index in [1.54, 1.807) is 12.3 Å². The number of sulfonamides is 1. The first-order chi connectivity index (χ1) is 6.16. The van der Waals surface area contributed by atoms with Crippen molar-refractivity contribution in [3.63, 3.8) is 0 Å². The van der Waals surface area contributed by atoms with Gasteiger partial charge in [0.05, 0.1) is 4.90 Å². The molecule has 0 aromatic carbocycles. The predicted molar refractivity (Wildman–Crippen MR) is 47.5 cm³/mol. The molecule has 0 amide bonds. The number of rotatable bonds is 1. The van der Waals surface area contributed by atoms with Gasteiger partial charge in [-0.2, -0.15) is 4.31 Å². The van der Waals surface area contributed by atoms with Crippen molar-refractivity contribution >= 4 is 10.0 Å². The fourth-order valence-electron chi connectivity index (χ4n) is 1.48. The normalized spacial score (nSPS) is 20.1. The van der Waals surface area contributed by atoms with Crippen LogP contribution in [0.5, 0.6) is 0 Å². The average Bonchev–Trinajstić information content (AvgIpc) is 2.39. The molecule has 0 spiro atoms. The van der Waals surface area contributed by atoms with Crippen molar-refractivity contribution in [1.29, 1.82) is 0 Å². The number of nitrogens with zero attached hydrogens (tertiary/aromatic N) is 2. The smallest absolute Gasteiger partial charge is 0.243 e. The van der Waals surface area contributed by atoms with Crippen LogP contribution in [0.2, 0.25) is 0 Å². The van der Waals surface area contributed by atoms with Crippen LogP contribution in [-0.2, 0) is 16.6 Å². The summed E-state index contributed by atoms with van der Waals surface area (Å²) in [5, 5.41) is 0. The maximum Gasteiger partial charge on any atom is 0.243 e. The van der Waals surface area contributed by atoms with Gasteiger partial charge in [-0.3, -0.25) is 4.98 Å². The molecule has 70 valence electrons. The first-order valence-electron chi connectivity index (χ1n) is 4.09. The summed E-state index contributed by atoms with van der Waals surface area (Å²) < 4.78 is 24.9. The molecule has 5 heteroatoms. The van der Waals surface area contributed by atoms with Gasteiger partial charge in [-0.25, -0.2) is 8.42 Å². The van der Waals surface area contributed by atoms with Crippen LogP contribution in [0.3, 0.4) is 0 Å². The third-order valence-electron chi connectivity index (χ3n) is 2.18. The van der Waals surface area contributed by atoms with E-state index in [1.807, 2.05) is 6.92 Å². The zero-order valence-electron chi connectivity index (χ0n) is 7.27. The minimum Gasteiger partial charge on any atom is -0.264 e. The van der Waals surface area contributed by atoms with Gasteiger partial charge in [0.1, 0.15) is 0 Å².